The number of carbonyl (C=O) groups is 1. The van der Waals surface area contributed by atoms with Crippen molar-refractivity contribution < 1.29 is 4.79 Å². The summed E-state index contributed by atoms with van der Waals surface area (Å²) in [5, 5.41) is 9.29. The Hall–Kier alpha value is -3.19. The standard InChI is InChI=1S/C21H18N4O2S/c1-3-13-24-19(27)16-11-7-8-12-17(16)25-20(24)22-23-21(25)28-14(2)18(26)15-9-5-4-6-10-15/h3-12,14H,1,13H2,2H3. The van der Waals surface area contributed by atoms with Gasteiger partial charge in [-0.2, -0.15) is 0 Å². The number of nitrogens with zero attached hydrogens (tertiary/aromatic N) is 4. The number of fused-ring (bicyclic) bond motifs is 3. The third-order valence-electron chi connectivity index (χ3n) is 4.50. The van der Waals surface area contributed by atoms with E-state index in [0.717, 1.165) is 5.52 Å². The Labute approximate surface area is 165 Å². The molecule has 0 N–H and O–H groups in total. The van der Waals surface area contributed by atoms with Crippen molar-refractivity contribution in [2.75, 3.05) is 0 Å². The van der Waals surface area contributed by atoms with E-state index in [1.807, 2.05) is 47.7 Å². The van der Waals surface area contributed by atoms with Gasteiger partial charge in [0.1, 0.15) is 0 Å². The number of aromatic nitrogens is 4. The highest BCUT2D eigenvalue weighted by Gasteiger charge is 2.22. The van der Waals surface area contributed by atoms with Crippen LogP contribution in [-0.4, -0.2) is 30.2 Å². The Bertz CT molecular complexity index is 1240. The zero-order valence-corrected chi connectivity index (χ0v) is 16.1. The Morgan fingerprint density at radius 1 is 1.14 bits per heavy atom. The summed E-state index contributed by atoms with van der Waals surface area (Å²) in [5.74, 6) is 0.455. The van der Waals surface area contributed by atoms with Gasteiger partial charge in [-0.3, -0.25) is 18.6 Å². The number of rotatable bonds is 6. The first-order valence-electron chi connectivity index (χ1n) is 8.85. The first-order valence-corrected chi connectivity index (χ1v) is 9.73. The number of hydrogen-bond donors (Lipinski definition) is 0. The van der Waals surface area contributed by atoms with Crippen molar-refractivity contribution in [2.45, 2.75) is 23.9 Å². The second-order valence-electron chi connectivity index (χ2n) is 6.33. The van der Waals surface area contributed by atoms with Gasteiger partial charge in [-0.25, -0.2) is 0 Å². The van der Waals surface area contributed by atoms with E-state index in [9.17, 15) is 9.59 Å². The lowest BCUT2D eigenvalue weighted by atomic mass is 10.1. The number of ketones is 1. The maximum Gasteiger partial charge on any atom is 0.263 e. The zero-order chi connectivity index (χ0) is 19.7. The lowest BCUT2D eigenvalue weighted by Gasteiger charge is -2.12. The highest BCUT2D eigenvalue weighted by atomic mass is 32.2. The van der Waals surface area contributed by atoms with Crippen LogP contribution in [-0.2, 0) is 6.54 Å². The van der Waals surface area contributed by atoms with E-state index in [1.54, 1.807) is 24.3 Å². The number of Topliss-reactive ketones (excluding diaryl/α,β-unsaturated/α-hetero) is 1. The summed E-state index contributed by atoms with van der Waals surface area (Å²) in [6, 6.07) is 16.5. The molecule has 1 atom stereocenters. The van der Waals surface area contributed by atoms with Gasteiger partial charge in [0.05, 0.1) is 16.2 Å². The second-order valence-corrected chi connectivity index (χ2v) is 7.64. The van der Waals surface area contributed by atoms with Crippen LogP contribution in [0.2, 0.25) is 0 Å². The Morgan fingerprint density at radius 2 is 1.86 bits per heavy atom. The molecule has 2 heterocycles. The number of allylic oxidation sites excluding steroid dienone is 1. The lowest BCUT2D eigenvalue weighted by molar-refractivity contribution is 0.0994. The van der Waals surface area contributed by atoms with Gasteiger partial charge in [0.15, 0.2) is 10.9 Å². The normalized spacial score (nSPS) is 12.3. The fraction of sp³-hybridized carbons (Fsp3) is 0.143. The maximum absolute atomic E-state index is 12.8. The molecule has 0 saturated heterocycles. The van der Waals surface area contributed by atoms with Gasteiger partial charge in [-0.05, 0) is 19.1 Å². The van der Waals surface area contributed by atoms with E-state index in [4.69, 9.17) is 0 Å². The van der Waals surface area contributed by atoms with Crippen LogP contribution in [0.25, 0.3) is 16.7 Å². The highest BCUT2D eigenvalue weighted by molar-refractivity contribution is 8.00. The van der Waals surface area contributed by atoms with Gasteiger partial charge in [0.25, 0.3) is 5.56 Å². The van der Waals surface area contributed by atoms with Crippen LogP contribution in [0, 0.1) is 0 Å². The van der Waals surface area contributed by atoms with Gasteiger partial charge in [-0.15, -0.1) is 16.8 Å². The number of thioether (sulfide) groups is 1. The minimum absolute atomic E-state index is 0.0195. The molecular weight excluding hydrogens is 372 g/mol. The Morgan fingerprint density at radius 3 is 2.61 bits per heavy atom. The lowest BCUT2D eigenvalue weighted by Crippen LogP contribution is -2.23. The predicted molar refractivity (Wildman–Crippen MR) is 111 cm³/mol. The molecule has 0 aliphatic rings. The molecule has 0 saturated carbocycles. The average Bonchev–Trinajstić information content (AvgIpc) is 3.14. The molecule has 0 bridgehead atoms. The van der Waals surface area contributed by atoms with Gasteiger partial charge in [-0.1, -0.05) is 60.3 Å². The van der Waals surface area contributed by atoms with E-state index in [1.165, 1.54) is 16.3 Å². The summed E-state index contributed by atoms with van der Waals surface area (Å²) in [4.78, 5) is 25.6. The fourth-order valence-corrected chi connectivity index (χ4v) is 4.09. The molecule has 0 spiro atoms. The summed E-state index contributed by atoms with van der Waals surface area (Å²) in [6.07, 6.45) is 1.65. The molecule has 0 fully saturated rings. The smallest absolute Gasteiger partial charge is 0.263 e. The molecule has 1 unspecified atom stereocenters. The Kier molecular flexibility index (Phi) is 4.83. The SMILES string of the molecule is C=CCn1c(=O)c2ccccc2n2c(SC(C)C(=O)c3ccccc3)nnc12. The number of para-hydroxylation sites is 1. The number of hydrogen-bond acceptors (Lipinski definition) is 5. The zero-order valence-electron chi connectivity index (χ0n) is 15.3. The largest absolute Gasteiger partial charge is 0.293 e. The minimum atomic E-state index is -0.353. The quantitative estimate of drug-likeness (QED) is 0.286. The highest BCUT2D eigenvalue weighted by Crippen LogP contribution is 2.27. The summed E-state index contributed by atoms with van der Waals surface area (Å²) in [7, 11) is 0. The Balaban J connectivity index is 1.83. The van der Waals surface area contributed by atoms with Crippen LogP contribution >= 0.6 is 11.8 Å². The molecule has 0 amide bonds. The first-order chi connectivity index (χ1) is 13.6. The van der Waals surface area contributed by atoms with Gasteiger partial charge in [0.2, 0.25) is 5.78 Å². The third-order valence-corrected chi connectivity index (χ3v) is 5.54. The van der Waals surface area contributed by atoms with Crippen LogP contribution in [0.1, 0.15) is 17.3 Å². The predicted octanol–water partition coefficient (Wildman–Crippen LogP) is 3.59. The van der Waals surface area contributed by atoms with E-state index in [0.29, 0.717) is 28.4 Å². The molecular formula is C21H18N4O2S. The molecule has 2 aromatic heterocycles. The molecule has 4 aromatic rings. The maximum atomic E-state index is 12.8. The van der Waals surface area contributed by atoms with Crippen molar-refractivity contribution in [2.24, 2.45) is 0 Å². The fourth-order valence-electron chi connectivity index (χ4n) is 3.15. The molecule has 0 radical (unpaired) electrons. The first kappa shape index (κ1) is 18.2. The topological polar surface area (TPSA) is 69.3 Å². The van der Waals surface area contributed by atoms with Crippen LogP contribution < -0.4 is 5.56 Å². The van der Waals surface area contributed by atoms with E-state index in [2.05, 4.69) is 16.8 Å². The van der Waals surface area contributed by atoms with E-state index >= 15 is 0 Å². The molecule has 0 aliphatic heterocycles. The molecule has 4 rings (SSSR count). The van der Waals surface area contributed by atoms with Gasteiger partial charge >= 0.3 is 0 Å². The molecule has 7 heteroatoms. The summed E-state index contributed by atoms with van der Waals surface area (Å²) < 4.78 is 3.37. The summed E-state index contributed by atoms with van der Waals surface area (Å²) in [5.41, 5.74) is 1.24. The van der Waals surface area contributed by atoms with Crippen molar-refractivity contribution in [1.29, 1.82) is 0 Å². The minimum Gasteiger partial charge on any atom is -0.293 e. The van der Waals surface area contributed by atoms with Gasteiger partial charge < -0.3 is 0 Å². The van der Waals surface area contributed by atoms with Crippen LogP contribution in [0.15, 0.2) is 77.2 Å². The third kappa shape index (κ3) is 3.03. The molecule has 0 aliphatic carbocycles. The van der Waals surface area contributed by atoms with Crippen molar-refractivity contribution in [1.82, 2.24) is 19.2 Å². The second kappa shape index (κ2) is 7.44. The van der Waals surface area contributed by atoms with Crippen LogP contribution in [0.3, 0.4) is 0 Å². The van der Waals surface area contributed by atoms with Crippen molar-refractivity contribution in [3.8, 4) is 0 Å². The van der Waals surface area contributed by atoms with Crippen molar-refractivity contribution in [3.63, 3.8) is 0 Å². The monoisotopic (exact) mass is 390 g/mol. The molecule has 140 valence electrons. The van der Waals surface area contributed by atoms with Crippen LogP contribution in [0.5, 0.6) is 0 Å². The summed E-state index contributed by atoms with van der Waals surface area (Å²) >= 11 is 1.33. The summed E-state index contributed by atoms with van der Waals surface area (Å²) in [6.45, 7) is 5.91. The number of carbonyl (C=O) groups excluding carboxylic acids is 1. The van der Waals surface area contributed by atoms with E-state index < -0.39 is 0 Å². The van der Waals surface area contributed by atoms with E-state index in [-0.39, 0.29) is 16.6 Å². The molecule has 28 heavy (non-hydrogen) atoms. The average molecular weight is 390 g/mol. The van der Waals surface area contributed by atoms with Crippen molar-refractivity contribution >= 4 is 34.2 Å². The van der Waals surface area contributed by atoms with Crippen molar-refractivity contribution in [3.05, 3.63) is 83.2 Å². The van der Waals surface area contributed by atoms with Gasteiger partial charge in [0, 0.05) is 12.1 Å². The van der Waals surface area contributed by atoms with Crippen LogP contribution in [0.4, 0.5) is 0 Å². The molecule has 2 aromatic carbocycles. The number of benzene rings is 2. The molecule has 6 nitrogen and oxygen atoms in total.